The Balaban J connectivity index is 1.64. The summed E-state index contributed by atoms with van der Waals surface area (Å²) in [6, 6.07) is 10.3. The number of hydrogen-bond donors (Lipinski definition) is 2. The van der Waals surface area contributed by atoms with Crippen molar-refractivity contribution in [2.24, 2.45) is 5.92 Å². The molecule has 0 spiro atoms. The highest BCUT2D eigenvalue weighted by atomic mass is 16.4. The highest BCUT2D eigenvalue weighted by Crippen LogP contribution is 2.22. The van der Waals surface area contributed by atoms with Gasteiger partial charge in [0.15, 0.2) is 0 Å². The van der Waals surface area contributed by atoms with Crippen LogP contribution in [0.15, 0.2) is 41.2 Å². The first-order valence-corrected chi connectivity index (χ1v) is 9.20. The standard InChI is InChI=1S/C21H24N2O4/c1-13(2)18-8-7-17(19(24)22-18)20(25)23-10-9-15(12-23)11-14-3-5-16(6-4-14)21(26)27/h3-8,13,15H,9-12H2,1-2H3,(H,22,24)(H,26,27). The summed E-state index contributed by atoms with van der Waals surface area (Å²) >= 11 is 0. The van der Waals surface area contributed by atoms with Crippen LogP contribution in [-0.2, 0) is 6.42 Å². The van der Waals surface area contributed by atoms with E-state index >= 15 is 0 Å². The lowest BCUT2D eigenvalue weighted by Crippen LogP contribution is -2.33. The lowest BCUT2D eigenvalue weighted by atomic mass is 9.98. The van der Waals surface area contributed by atoms with E-state index in [1.54, 1.807) is 29.2 Å². The van der Waals surface area contributed by atoms with Crippen molar-refractivity contribution in [3.8, 4) is 0 Å². The highest BCUT2D eigenvalue weighted by Gasteiger charge is 2.28. The Kier molecular flexibility index (Phi) is 5.44. The van der Waals surface area contributed by atoms with E-state index in [1.165, 1.54) is 0 Å². The molecule has 6 nitrogen and oxygen atoms in total. The van der Waals surface area contributed by atoms with Crippen molar-refractivity contribution in [1.82, 2.24) is 9.88 Å². The summed E-state index contributed by atoms with van der Waals surface area (Å²) in [4.78, 5) is 40.4. The van der Waals surface area contributed by atoms with Gasteiger partial charge in [0.25, 0.3) is 11.5 Å². The molecule has 3 rings (SSSR count). The number of carbonyl (C=O) groups is 2. The molecule has 6 heteroatoms. The minimum absolute atomic E-state index is 0.186. The number of benzene rings is 1. The van der Waals surface area contributed by atoms with E-state index < -0.39 is 5.97 Å². The molecule has 1 amide bonds. The van der Waals surface area contributed by atoms with E-state index in [2.05, 4.69) is 4.98 Å². The lowest BCUT2D eigenvalue weighted by molar-refractivity contribution is 0.0696. The number of carboxylic acids is 1. The van der Waals surface area contributed by atoms with Crippen molar-refractivity contribution >= 4 is 11.9 Å². The number of carbonyl (C=O) groups excluding carboxylic acids is 1. The zero-order valence-electron chi connectivity index (χ0n) is 15.6. The molecule has 0 bridgehead atoms. The summed E-state index contributed by atoms with van der Waals surface area (Å²) in [5.41, 5.74) is 2.00. The third-order valence-corrected chi connectivity index (χ3v) is 5.08. The van der Waals surface area contributed by atoms with Crippen LogP contribution in [0.2, 0.25) is 0 Å². The molecule has 1 aliphatic heterocycles. The number of rotatable bonds is 5. The van der Waals surface area contributed by atoms with Gasteiger partial charge in [-0.25, -0.2) is 4.79 Å². The molecular formula is C21H24N2O4. The summed E-state index contributed by atoms with van der Waals surface area (Å²) in [7, 11) is 0. The molecule has 0 aliphatic carbocycles. The van der Waals surface area contributed by atoms with Crippen LogP contribution in [0, 0.1) is 5.92 Å². The van der Waals surface area contributed by atoms with Crippen molar-refractivity contribution in [1.29, 1.82) is 0 Å². The second-order valence-electron chi connectivity index (χ2n) is 7.42. The number of likely N-dealkylation sites (tertiary alicyclic amines) is 1. The minimum atomic E-state index is -0.937. The van der Waals surface area contributed by atoms with Gasteiger partial charge in [0.1, 0.15) is 5.56 Å². The predicted octanol–water partition coefficient (Wildman–Crippen LogP) is 2.90. The van der Waals surface area contributed by atoms with Crippen molar-refractivity contribution in [3.05, 3.63) is 69.1 Å². The van der Waals surface area contributed by atoms with E-state index in [0.717, 1.165) is 24.1 Å². The Bertz CT molecular complexity index is 899. The first kappa shape index (κ1) is 18.9. The van der Waals surface area contributed by atoms with Gasteiger partial charge >= 0.3 is 5.97 Å². The number of aromatic amines is 1. The topological polar surface area (TPSA) is 90.5 Å². The Morgan fingerprint density at radius 2 is 1.89 bits per heavy atom. The van der Waals surface area contributed by atoms with Crippen LogP contribution < -0.4 is 5.56 Å². The van der Waals surface area contributed by atoms with Crippen molar-refractivity contribution in [3.63, 3.8) is 0 Å². The second kappa shape index (κ2) is 7.78. The van der Waals surface area contributed by atoms with Crippen LogP contribution in [0.3, 0.4) is 0 Å². The molecule has 0 saturated carbocycles. The number of aromatic carboxylic acids is 1. The summed E-state index contributed by atoms with van der Waals surface area (Å²) in [5.74, 6) is -0.660. The largest absolute Gasteiger partial charge is 0.478 e. The van der Waals surface area contributed by atoms with Gasteiger partial charge in [0.2, 0.25) is 0 Å². The predicted molar refractivity (Wildman–Crippen MR) is 102 cm³/mol. The molecule has 142 valence electrons. The maximum Gasteiger partial charge on any atom is 0.335 e. The van der Waals surface area contributed by atoms with Gasteiger partial charge in [-0.15, -0.1) is 0 Å². The SMILES string of the molecule is CC(C)c1ccc(C(=O)N2CCC(Cc3ccc(C(=O)O)cc3)C2)c(=O)[nH]1. The Morgan fingerprint density at radius 3 is 2.48 bits per heavy atom. The van der Waals surface area contributed by atoms with Crippen molar-refractivity contribution in [2.75, 3.05) is 13.1 Å². The first-order chi connectivity index (χ1) is 12.8. The summed E-state index contributed by atoms with van der Waals surface area (Å²) < 4.78 is 0. The van der Waals surface area contributed by atoms with Crippen LogP contribution in [-0.4, -0.2) is 40.0 Å². The van der Waals surface area contributed by atoms with Gasteiger partial charge in [-0.1, -0.05) is 26.0 Å². The highest BCUT2D eigenvalue weighted by molar-refractivity contribution is 5.94. The van der Waals surface area contributed by atoms with Crippen molar-refractivity contribution in [2.45, 2.75) is 32.6 Å². The lowest BCUT2D eigenvalue weighted by Gasteiger charge is -2.17. The first-order valence-electron chi connectivity index (χ1n) is 9.20. The maximum atomic E-state index is 12.7. The summed E-state index contributed by atoms with van der Waals surface area (Å²) in [6.07, 6.45) is 1.65. The minimum Gasteiger partial charge on any atom is -0.478 e. The summed E-state index contributed by atoms with van der Waals surface area (Å²) in [6.45, 7) is 5.20. The molecule has 1 aromatic carbocycles. The molecule has 0 radical (unpaired) electrons. The Labute approximate surface area is 157 Å². The normalized spacial score (nSPS) is 16.7. The van der Waals surface area contributed by atoms with Gasteiger partial charge in [-0.2, -0.15) is 0 Å². The van der Waals surface area contributed by atoms with Crippen LogP contribution in [0.4, 0.5) is 0 Å². The molecule has 2 aromatic rings. The number of pyridine rings is 1. The monoisotopic (exact) mass is 368 g/mol. The Morgan fingerprint density at radius 1 is 1.19 bits per heavy atom. The molecule has 1 aromatic heterocycles. The third-order valence-electron chi connectivity index (χ3n) is 5.08. The fourth-order valence-corrected chi connectivity index (χ4v) is 3.46. The molecule has 1 fully saturated rings. The van der Waals surface area contributed by atoms with Gasteiger partial charge in [0.05, 0.1) is 5.56 Å². The number of H-pyrrole nitrogens is 1. The van der Waals surface area contributed by atoms with E-state index in [0.29, 0.717) is 19.0 Å². The molecule has 27 heavy (non-hydrogen) atoms. The molecule has 1 unspecified atom stereocenters. The third kappa shape index (κ3) is 4.27. The molecule has 2 N–H and O–H groups in total. The van der Waals surface area contributed by atoms with Gasteiger partial charge in [-0.05, 0) is 54.5 Å². The van der Waals surface area contributed by atoms with E-state index in [9.17, 15) is 14.4 Å². The van der Waals surface area contributed by atoms with Gasteiger partial charge in [0, 0.05) is 18.8 Å². The fourth-order valence-electron chi connectivity index (χ4n) is 3.46. The second-order valence-corrected chi connectivity index (χ2v) is 7.42. The Hall–Kier alpha value is -2.89. The van der Waals surface area contributed by atoms with Gasteiger partial charge in [-0.3, -0.25) is 9.59 Å². The smallest absolute Gasteiger partial charge is 0.335 e. The number of aromatic nitrogens is 1. The van der Waals surface area contributed by atoms with Crippen LogP contribution in [0.5, 0.6) is 0 Å². The summed E-state index contributed by atoms with van der Waals surface area (Å²) in [5, 5.41) is 8.96. The molecule has 1 atom stereocenters. The van der Waals surface area contributed by atoms with Gasteiger partial charge < -0.3 is 15.0 Å². The number of amides is 1. The van der Waals surface area contributed by atoms with E-state index in [4.69, 9.17) is 5.11 Å². The zero-order valence-corrected chi connectivity index (χ0v) is 15.6. The average Bonchev–Trinajstić information content (AvgIpc) is 3.10. The molecule has 1 aliphatic rings. The van der Waals surface area contributed by atoms with Crippen LogP contribution in [0.1, 0.15) is 58.2 Å². The van der Waals surface area contributed by atoms with Crippen LogP contribution in [0.25, 0.3) is 0 Å². The van der Waals surface area contributed by atoms with E-state index in [1.807, 2.05) is 26.0 Å². The fraction of sp³-hybridized carbons (Fsp3) is 0.381. The number of nitrogens with zero attached hydrogens (tertiary/aromatic N) is 1. The van der Waals surface area contributed by atoms with Crippen LogP contribution >= 0.6 is 0 Å². The molecule has 2 heterocycles. The zero-order chi connectivity index (χ0) is 19.6. The number of nitrogens with one attached hydrogen (secondary N) is 1. The molecule has 1 saturated heterocycles. The maximum absolute atomic E-state index is 12.7. The number of hydrogen-bond acceptors (Lipinski definition) is 3. The van der Waals surface area contributed by atoms with E-state index in [-0.39, 0.29) is 28.5 Å². The quantitative estimate of drug-likeness (QED) is 0.849. The average molecular weight is 368 g/mol. The molecular weight excluding hydrogens is 344 g/mol. The number of carboxylic acid groups (broad SMARTS) is 1. The van der Waals surface area contributed by atoms with Crippen molar-refractivity contribution < 1.29 is 14.7 Å².